The van der Waals surface area contributed by atoms with Gasteiger partial charge in [-0.05, 0) is 50.3 Å². The minimum atomic E-state index is -4.12. The second-order valence-electron chi connectivity index (χ2n) is 7.12. The number of benzene rings is 1. The SMILES string of the molecule is CCNC(=NCC(O)c1cc(OC)cc(OC)c1)NC1CCC(C(F)(F)F)CC1. The lowest BCUT2D eigenvalue weighted by molar-refractivity contribution is -0.182. The molecule has 164 valence electrons. The predicted molar refractivity (Wildman–Crippen MR) is 105 cm³/mol. The number of methoxy groups -OCH3 is 2. The van der Waals surface area contributed by atoms with E-state index < -0.39 is 18.2 Å². The van der Waals surface area contributed by atoms with Crippen LogP contribution in [-0.4, -0.2) is 50.6 Å². The first-order chi connectivity index (χ1) is 13.8. The van der Waals surface area contributed by atoms with Crippen LogP contribution < -0.4 is 20.1 Å². The van der Waals surface area contributed by atoms with E-state index in [0.29, 0.717) is 42.4 Å². The quantitative estimate of drug-likeness (QED) is 0.468. The van der Waals surface area contributed by atoms with E-state index in [1.165, 1.54) is 14.2 Å². The van der Waals surface area contributed by atoms with Crippen molar-refractivity contribution in [3.63, 3.8) is 0 Å². The van der Waals surface area contributed by atoms with Crippen LogP contribution in [0.5, 0.6) is 11.5 Å². The van der Waals surface area contributed by atoms with Gasteiger partial charge in [0.25, 0.3) is 0 Å². The molecule has 0 heterocycles. The van der Waals surface area contributed by atoms with Crippen molar-refractivity contribution in [2.24, 2.45) is 10.9 Å². The fourth-order valence-corrected chi connectivity index (χ4v) is 3.38. The van der Waals surface area contributed by atoms with E-state index in [4.69, 9.17) is 9.47 Å². The van der Waals surface area contributed by atoms with Crippen LogP contribution in [0.1, 0.15) is 44.3 Å². The molecule has 1 atom stereocenters. The molecule has 0 bridgehead atoms. The topological polar surface area (TPSA) is 75.1 Å². The summed E-state index contributed by atoms with van der Waals surface area (Å²) in [7, 11) is 3.06. The number of aliphatic imine (C=N–C) groups is 1. The molecule has 0 aliphatic heterocycles. The van der Waals surface area contributed by atoms with Crippen molar-refractivity contribution in [3.8, 4) is 11.5 Å². The van der Waals surface area contributed by atoms with Crippen LogP contribution >= 0.6 is 0 Å². The minimum absolute atomic E-state index is 0.0690. The van der Waals surface area contributed by atoms with Crippen LogP contribution in [0.3, 0.4) is 0 Å². The molecule has 0 spiro atoms. The highest BCUT2D eigenvalue weighted by Crippen LogP contribution is 2.37. The Balaban J connectivity index is 1.98. The minimum Gasteiger partial charge on any atom is -0.497 e. The van der Waals surface area contributed by atoms with Gasteiger partial charge in [0.1, 0.15) is 11.5 Å². The number of aliphatic hydroxyl groups excluding tert-OH is 1. The molecule has 0 amide bonds. The van der Waals surface area contributed by atoms with Crippen LogP contribution in [0.4, 0.5) is 13.2 Å². The molecule has 3 N–H and O–H groups in total. The molecular formula is C20H30F3N3O3. The highest BCUT2D eigenvalue weighted by molar-refractivity contribution is 5.80. The zero-order valence-electron chi connectivity index (χ0n) is 17.1. The van der Waals surface area contributed by atoms with Gasteiger partial charge in [-0.25, -0.2) is 0 Å². The fraction of sp³-hybridized carbons (Fsp3) is 0.650. The summed E-state index contributed by atoms with van der Waals surface area (Å²) in [5.41, 5.74) is 0.603. The summed E-state index contributed by atoms with van der Waals surface area (Å²) >= 11 is 0. The molecule has 9 heteroatoms. The van der Waals surface area contributed by atoms with Gasteiger partial charge in [0.2, 0.25) is 0 Å². The van der Waals surface area contributed by atoms with Crippen molar-refractivity contribution in [2.45, 2.75) is 50.9 Å². The van der Waals surface area contributed by atoms with Crippen molar-refractivity contribution in [1.29, 1.82) is 0 Å². The smallest absolute Gasteiger partial charge is 0.391 e. The molecule has 0 saturated heterocycles. The molecule has 1 aromatic rings. The summed E-state index contributed by atoms with van der Waals surface area (Å²) < 4.78 is 48.9. The van der Waals surface area contributed by atoms with Gasteiger partial charge in [0, 0.05) is 18.7 Å². The summed E-state index contributed by atoms with van der Waals surface area (Å²) in [6, 6.07) is 5.06. The predicted octanol–water partition coefficient (Wildman–Crippen LogP) is 3.41. The van der Waals surface area contributed by atoms with Crippen LogP contribution in [0.25, 0.3) is 0 Å². The number of rotatable bonds is 7. The van der Waals surface area contributed by atoms with E-state index in [2.05, 4.69) is 15.6 Å². The third-order valence-electron chi connectivity index (χ3n) is 5.06. The Morgan fingerprint density at radius 1 is 1.14 bits per heavy atom. The maximum absolute atomic E-state index is 12.8. The van der Waals surface area contributed by atoms with E-state index in [0.717, 1.165) is 0 Å². The Hall–Kier alpha value is -2.16. The molecule has 0 aromatic heterocycles. The van der Waals surface area contributed by atoms with Gasteiger partial charge in [-0.2, -0.15) is 13.2 Å². The number of aliphatic hydroxyl groups is 1. The molecule has 1 fully saturated rings. The van der Waals surface area contributed by atoms with Gasteiger partial charge in [0.15, 0.2) is 5.96 Å². The number of nitrogens with one attached hydrogen (secondary N) is 2. The second kappa shape index (κ2) is 10.6. The van der Waals surface area contributed by atoms with Crippen LogP contribution in [0.15, 0.2) is 23.2 Å². The first kappa shape index (κ1) is 23.1. The van der Waals surface area contributed by atoms with Gasteiger partial charge in [0.05, 0.1) is 32.8 Å². The second-order valence-corrected chi connectivity index (χ2v) is 7.12. The summed E-state index contributed by atoms with van der Waals surface area (Å²) in [5, 5.41) is 16.8. The highest BCUT2D eigenvalue weighted by Gasteiger charge is 2.41. The molecule has 6 nitrogen and oxygen atoms in total. The van der Waals surface area contributed by atoms with Crippen LogP contribution in [0.2, 0.25) is 0 Å². The number of hydrogen-bond acceptors (Lipinski definition) is 4. The van der Waals surface area contributed by atoms with E-state index in [1.54, 1.807) is 18.2 Å². The monoisotopic (exact) mass is 417 g/mol. The molecule has 1 aliphatic rings. The number of hydrogen-bond donors (Lipinski definition) is 3. The summed E-state index contributed by atoms with van der Waals surface area (Å²) in [5.74, 6) is 0.393. The van der Waals surface area contributed by atoms with E-state index in [9.17, 15) is 18.3 Å². The number of nitrogens with zero attached hydrogens (tertiary/aromatic N) is 1. The Morgan fingerprint density at radius 3 is 2.21 bits per heavy atom. The average molecular weight is 417 g/mol. The summed E-state index contributed by atoms with van der Waals surface area (Å²) in [4.78, 5) is 4.40. The maximum Gasteiger partial charge on any atom is 0.391 e. The van der Waals surface area contributed by atoms with Crippen LogP contribution in [0, 0.1) is 5.92 Å². The fourth-order valence-electron chi connectivity index (χ4n) is 3.38. The molecule has 0 radical (unpaired) electrons. The Morgan fingerprint density at radius 2 is 1.72 bits per heavy atom. The molecule has 1 aromatic carbocycles. The van der Waals surface area contributed by atoms with Gasteiger partial charge >= 0.3 is 6.18 Å². The zero-order valence-corrected chi connectivity index (χ0v) is 17.1. The van der Waals surface area contributed by atoms with Crippen molar-refractivity contribution in [3.05, 3.63) is 23.8 Å². The number of ether oxygens (including phenoxy) is 2. The lowest BCUT2D eigenvalue weighted by atomic mass is 9.85. The maximum atomic E-state index is 12.8. The highest BCUT2D eigenvalue weighted by atomic mass is 19.4. The standard InChI is InChI=1S/C20H30F3N3O3/c1-4-24-19(26-15-7-5-14(6-8-15)20(21,22)23)25-12-18(27)13-9-16(28-2)11-17(10-13)29-3/h9-11,14-15,18,27H,4-8,12H2,1-3H3,(H2,24,25,26). The van der Waals surface area contributed by atoms with Gasteiger partial charge in [-0.3, -0.25) is 4.99 Å². The third-order valence-corrected chi connectivity index (χ3v) is 5.06. The molecular weight excluding hydrogens is 387 g/mol. The lowest BCUT2D eigenvalue weighted by Crippen LogP contribution is -2.46. The van der Waals surface area contributed by atoms with Crippen molar-refractivity contribution < 1.29 is 27.8 Å². The van der Waals surface area contributed by atoms with Crippen molar-refractivity contribution in [1.82, 2.24) is 10.6 Å². The Kier molecular flexibility index (Phi) is 8.43. The zero-order chi connectivity index (χ0) is 21.4. The first-order valence-corrected chi connectivity index (χ1v) is 9.79. The molecule has 29 heavy (non-hydrogen) atoms. The average Bonchev–Trinajstić information content (AvgIpc) is 2.71. The van der Waals surface area contributed by atoms with E-state index >= 15 is 0 Å². The third kappa shape index (κ3) is 6.99. The van der Waals surface area contributed by atoms with E-state index in [1.807, 2.05) is 6.92 Å². The van der Waals surface area contributed by atoms with Gasteiger partial charge in [-0.15, -0.1) is 0 Å². The van der Waals surface area contributed by atoms with Gasteiger partial charge in [-0.1, -0.05) is 0 Å². The summed E-state index contributed by atoms with van der Waals surface area (Å²) in [6.45, 7) is 2.59. The molecule has 2 rings (SSSR count). The molecule has 1 unspecified atom stereocenters. The van der Waals surface area contributed by atoms with Crippen molar-refractivity contribution >= 4 is 5.96 Å². The lowest BCUT2D eigenvalue weighted by Gasteiger charge is -2.31. The van der Waals surface area contributed by atoms with Gasteiger partial charge < -0.3 is 25.2 Å². The Bertz CT molecular complexity index is 652. The Labute approximate surface area is 169 Å². The molecule has 1 aliphatic carbocycles. The largest absolute Gasteiger partial charge is 0.497 e. The number of alkyl halides is 3. The van der Waals surface area contributed by atoms with E-state index in [-0.39, 0.29) is 25.4 Å². The first-order valence-electron chi connectivity index (χ1n) is 9.79. The number of halogens is 3. The van der Waals surface area contributed by atoms with Crippen LogP contribution in [-0.2, 0) is 0 Å². The number of guanidine groups is 1. The molecule has 1 saturated carbocycles. The van der Waals surface area contributed by atoms with Crippen molar-refractivity contribution in [2.75, 3.05) is 27.3 Å². The summed E-state index contributed by atoms with van der Waals surface area (Å²) in [6.07, 6.45) is -3.89. The normalized spacial score (nSPS) is 21.4.